The minimum Gasteiger partial charge on any atom is -0.326 e. The van der Waals surface area contributed by atoms with E-state index in [4.69, 9.17) is 5.73 Å². The maximum Gasteiger partial charge on any atom is 0.0596 e. The quantitative estimate of drug-likeness (QED) is 0.883. The van der Waals surface area contributed by atoms with Crippen LogP contribution in [0.25, 0.3) is 0 Å². The Balaban J connectivity index is 2.12. The van der Waals surface area contributed by atoms with E-state index in [0.29, 0.717) is 0 Å². The summed E-state index contributed by atoms with van der Waals surface area (Å²) < 4.78 is 1.97. The SMILES string of the molecule is CCC(C)(C(N)Cc1cc(C)nn1C)N1CCCC1. The van der Waals surface area contributed by atoms with Crippen molar-refractivity contribution in [3.63, 3.8) is 0 Å². The van der Waals surface area contributed by atoms with Crippen LogP contribution in [0.5, 0.6) is 0 Å². The van der Waals surface area contributed by atoms with Crippen molar-refractivity contribution in [2.75, 3.05) is 13.1 Å². The summed E-state index contributed by atoms with van der Waals surface area (Å²) in [7, 11) is 2.01. The number of likely N-dealkylation sites (tertiary alicyclic amines) is 1. The molecule has 2 unspecified atom stereocenters. The molecule has 1 aliphatic rings. The van der Waals surface area contributed by atoms with Crippen LogP contribution in [0, 0.1) is 6.92 Å². The van der Waals surface area contributed by atoms with Gasteiger partial charge in [-0.05, 0) is 52.3 Å². The summed E-state index contributed by atoms with van der Waals surface area (Å²) in [6.45, 7) is 9.01. The number of aryl methyl sites for hydroxylation is 2. The summed E-state index contributed by atoms with van der Waals surface area (Å²) in [5.41, 5.74) is 8.99. The number of nitrogens with two attached hydrogens (primary N) is 1. The highest BCUT2D eigenvalue weighted by atomic mass is 15.3. The maximum atomic E-state index is 6.57. The fourth-order valence-electron chi connectivity index (χ4n) is 3.25. The molecular formula is C15H28N4. The lowest BCUT2D eigenvalue weighted by molar-refractivity contribution is 0.0991. The minimum absolute atomic E-state index is 0.106. The normalized spacial score (nSPS) is 21.5. The summed E-state index contributed by atoms with van der Waals surface area (Å²) in [5.74, 6) is 0. The second-order valence-corrected chi connectivity index (χ2v) is 6.12. The first-order chi connectivity index (χ1) is 8.97. The van der Waals surface area contributed by atoms with Gasteiger partial charge in [0.05, 0.1) is 5.69 Å². The molecule has 1 fully saturated rings. The lowest BCUT2D eigenvalue weighted by Gasteiger charge is -2.43. The Morgan fingerprint density at radius 2 is 2.05 bits per heavy atom. The number of aromatic nitrogens is 2. The molecule has 1 aromatic rings. The van der Waals surface area contributed by atoms with Crippen molar-refractivity contribution in [1.29, 1.82) is 0 Å². The van der Waals surface area contributed by atoms with Crippen LogP contribution in [0.15, 0.2) is 6.07 Å². The summed E-state index contributed by atoms with van der Waals surface area (Å²) in [6, 6.07) is 2.31. The molecule has 0 radical (unpaired) electrons. The van der Waals surface area contributed by atoms with Crippen LogP contribution in [0.1, 0.15) is 44.5 Å². The highest BCUT2D eigenvalue weighted by Crippen LogP contribution is 2.28. The molecule has 2 rings (SSSR count). The molecule has 0 saturated carbocycles. The van der Waals surface area contributed by atoms with Crippen LogP contribution >= 0.6 is 0 Å². The monoisotopic (exact) mass is 264 g/mol. The predicted molar refractivity (Wildman–Crippen MR) is 79.1 cm³/mol. The third-order valence-electron chi connectivity index (χ3n) is 4.87. The van der Waals surface area contributed by atoms with E-state index < -0.39 is 0 Å². The second kappa shape index (κ2) is 5.63. The molecule has 0 bridgehead atoms. The van der Waals surface area contributed by atoms with Crippen LogP contribution in [0.2, 0.25) is 0 Å². The lowest BCUT2D eigenvalue weighted by atomic mass is 9.85. The molecule has 1 aromatic heterocycles. The molecule has 1 saturated heterocycles. The molecule has 2 atom stereocenters. The van der Waals surface area contributed by atoms with Gasteiger partial charge in [-0.15, -0.1) is 0 Å². The van der Waals surface area contributed by atoms with Crippen molar-refractivity contribution in [1.82, 2.24) is 14.7 Å². The predicted octanol–water partition coefficient (Wildman–Crippen LogP) is 1.86. The molecule has 4 heteroatoms. The number of hydrogen-bond acceptors (Lipinski definition) is 3. The van der Waals surface area contributed by atoms with E-state index in [-0.39, 0.29) is 11.6 Å². The fourth-order valence-corrected chi connectivity index (χ4v) is 3.25. The zero-order valence-electron chi connectivity index (χ0n) is 12.8. The van der Waals surface area contributed by atoms with Crippen LogP contribution in [-0.2, 0) is 13.5 Å². The molecule has 19 heavy (non-hydrogen) atoms. The zero-order valence-corrected chi connectivity index (χ0v) is 12.8. The van der Waals surface area contributed by atoms with Gasteiger partial charge in [0.1, 0.15) is 0 Å². The minimum atomic E-state index is 0.106. The smallest absolute Gasteiger partial charge is 0.0596 e. The first-order valence-corrected chi connectivity index (χ1v) is 7.47. The van der Waals surface area contributed by atoms with Gasteiger partial charge in [0, 0.05) is 30.7 Å². The molecule has 0 spiro atoms. The van der Waals surface area contributed by atoms with E-state index in [2.05, 4.69) is 29.9 Å². The fraction of sp³-hybridized carbons (Fsp3) is 0.800. The van der Waals surface area contributed by atoms with Gasteiger partial charge in [-0.2, -0.15) is 5.10 Å². The van der Waals surface area contributed by atoms with Crippen molar-refractivity contribution in [3.8, 4) is 0 Å². The summed E-state index contributed by atoms with van der Waals surface area (Å²) in [6.07, 6.45) is 4.63. The van der Waals surface area contributed by atoms with E-state index in [0.717, 1.165) is 18.5 Å². The Hall–Kier alpha value is -0.870. The van der Waals surface area contributed by atoms with Crippen LogP contribution in [0.4, 0.5) is 0 Å². The second-order valence-electron chi connectivity index (χ2n) is 6.12. The Morgan fingerprint density at radius 1 is 1.42 bits per heavy atom. The highest BCUT2D eigenvalue weighted by Gasteiger charge is 2.37. The Morgan fingerprint density at radius 3 is 2.53 bits per heavy atom. The molecular weight excluding hydrogens is 236 g/mol. The van der Waals surface area contributed by atoms with E-state index in [1.54, 1.807) is 0 Å². The van der Waals surface area contributed by atoms with Crippen LogP contribution in [0.3, 0.4) is 0 Å². The van der Waals surface area contributed by atoms with Crippen LogP contribution < -0.4 is 5.73 Å². The summed E-state index contributed by atoms with van der Waals surface area (Å²) in [4.78, 5) is 2.58. The van der Waals surface area contributed by atoms with Crippen molar-refractivity contribution < 1.29 is 0 Å². The molecule has 2 heterocycles. The first kappa shape index (κ1) is 14.5. The number of rotatable bonds is 5. The molecule has 108 valence electrons. The summed E-state index contributed by atoms with van der Waals surface area (Å²) in [5, 5.41) is 4.42. The van der Waals surface area contributed by atoms with Crippen molar-refractivity contribution in [2.45, 2.75) is 58.0 Å². The standard InChI is InChI=1S/C15H28N4/c1-5-15(3,19-8-6-7-9-19)14(16)11-13-10-12(2)17-18(13)4/h10,14H,5-9,11,16H2,1-4H3. The Kier molecular flexibility index (Phi) is 4.31. The maximum absolute atomic E-state index is 6.57. The van der Waals surface area contributed by atoms with Gasteiger partial charge in [-0.1, -0.05) is 6.92 Å². The van der Waals surface area contributed by atoms with Gasteiger partial charge in [0.25, 0.3) is 0 Å². The average Bonchev–Trinajstić information content (AvgIpc) is 2.99. The van der Waals surface area contributed by atoms with Gasteiger partial charge < -0.3 is 5.73 Å². The van der Waals surface area contributed by atoms with Crippen LogP contribution in [-0.4, -0.2) is 39.4 Å². The number of nitrogens with zero attached hydrogens (tertiary/aromatic N) is 3. The first-order valence-electron chi connectivity index (χ1n) is 7.47. The Bertz CT molecular complexity index is 420. The van der Waals surface area contributed by atoms with E-state index in [1.165, 1.54) is 31.6 Å². The third-order valence-corrected chi connectivity index (χ3v) is 4.87. The molecule has 2 N–H and O–H groups in total. The molecule has 1 aliphatic heterocycles. The molecule has 0 aromatic carbocycles. The average molecular weight is 264 g/mol. The van der Waals surface area contributed by atoms with Gasteiger partial charge in [-0.25, -0.2) is 0 Å². The van der Waals surface area contributed by atoms with Gasteiger partial charge in [-0.3, -0.25) is 9.58 Å². The van der Waals surface area contributed by atoms with Gasteiger partial charge in [0.2, 0.25) is 0 Å². The summed E-state index contributed by atoms with van der Waals surface area (Å²) >= 11 is 0. The lowest BCUT2D eigenvalue weighted by Crippen LogP contribution is -2.57. The van der Waals surface area contributed by atoms with Gasteiger partial charge >= 0.3 is 0 Å². The number of hydrogen-bond donors (Lipinski definition) is 1. The van der Waals surface area contributed by atoms with Crippen molar-refractivity contribution in [2.24, 2.45) is 12.8 Å². The molecule has 4 nitrogen and oxygen atoms in total. The topological polar surface area (TPSA) is 47.1 Å². The zero-order chi connectivity index (χ0) is 14.0. The third kappa shape index (κ3) is 2.84. The molecule has 0 amide bonds. The Labute approximate surface area is 117 Å². The van der Waals surface area contributed by atoms with E-state index >= 15 is 0 Å². The van der Waals surface area contributed by atoms with E-state index in [9.17, 15) is 0 Å². The van der Waals surface area contributed by atoms with Gasteiger partial charge in [0.15, 0.2) is 0 Å². The van der Waals surface area contributed by atoms with E-state index in [1.807, 2.05) is 18.7 Å². The highest BCUT2D eigenvalue weighted by molar-refractivity contribution is 5.12. The molecule has 0 aliphatic carbocycles. The largest absolute Gasteiger partial charge is 0.326 e. The van der Waals surface area contributed by atoms with Crippen molar-refractivity contribution >= 4 is 0 Å². The van der Waals surface area contributed by atoms with Crippen molar-refractivity contribution in [3.05, 3.63) is 17.5 Å².